The Bertz CT molecular complexity index is 325. The lowest BCUT2D eigenvalue weighted by Gasteiger charge is -2.06. The summed E-state index contributed by atoms with van der Waals surface area (Å²) < 4.78 is 5.16. The van der Waals surface area contributed by atoms with E-state index in [0.717, 1.165) is 25.7 Å². The third-order valence-corrected chi connectivity index (χ3v) is 3.40. The first-order chi connectivity index (χ1) is 9.27. The quantitative estimate of drug-likeness (QED) is 0.611. The number of nitrogens with zero attached hydrogens (tertiary/aromatic N) is 2. The first kappa shape index (κ1) is 16.2. The molecule has 0 bridgehead atoms. The van der Waals surface area contributed by atoms with E-state index in [1.165, 1.54) is 38.5 Å². The summed E-state index contributed by atoms with van der Waals surface area (Å²) in [5.41, 5.74) is 6.08. The van der Waals surface area contributed by atoms with Crippen molar-refractivity contribution in [1.29, 1.82) is 0 Å². The van der Waals surface area contributed by atoms with E-state index in [-0.39, 0.29) is 6.04 Å². The molecule has 0 saturated heterocycles. The molecule has 1 heterocycles. The molecule has 0 radical (unpaired) electrons. The maximum absolute atomic E-state index is 6.08. The zero-order valence-electron chi connectivity index (χ0n) is 12.5. The molecule has 1 unspecified atom stereocenters. The maximum atomic E-state index is 6.08. The second kappa shape index (κ2) is 9.96. The van der Waals surface area contributed by atoms with Crippen LogP contribution < -0.4 is 5.73 Å². The molecule has 4 heteroatoms. The Balaban J connectivity index is 2.11. The van der Waals surface area contributed by atoms with Gasteiger partial charge in [0.2, 0.25) is 5.89 Å². The van der Waals surface area contributed by atoms with Crippen molar-refractivity contribution in [3.63, 3.8) is 0 Å². The largest absolute Gasteiger partial charge is 0.339 e. The molecule has 1 aromatic heterocycles. The molecule has 4 nitrogen and oxygen atoms in total. The van der Waals surface area contributed by atoms with Crippen LogP contribution in [0.3, 0.4) is 0 Å². The minimum absolute atomic E-state index is 0.0648. The summed E-state index contributed by atoms with van der Waals surface area (Å²) in [4.78, 5) is 4.34. The molecule has 1 atom stereocenters. The van der Waals surface area contributed by atoms with E-state index >= 15 is 0 Å². The van der Waals surface area contributed by atoms with E-state index in [2.05, 4.69) is 24.0 Å². The van der Waals surface area contributed by atoms with Gasteiger partial charge in [-0.25, -0.2) is 0 Å². The number of hydrogen-bond acceptors (Lipinski definition) is 4. The van der Waals surface area contributed by atoms with E-state index in [9.17, 15) is 0 Å². The predicted octanol–water partition coefficient (Wildman–Crippen LogP) is 4.16. The SMILES string of the molecule is CCCCCCCCCC(N)c1noc(CCC)n1. The van der Waals surface area contributed by atoms with Crippen LogP contribution in [0.1, 0.15) is 89.4 Å². The molecular formula is C15H29N3O. The van der Waals surface area contributed by atoms with Crippen molar-refractivity contribution in [2.45, 2.75) is 84.1 Å². The van der Waals surface area contributed by atoms with Crippen LogP contribution in [0.2, 0.25) is 0 Å². The smallest absolute Gasteiger partial charge is 0.226 e. The molecule has 1 rings (SSSR count). The number of aryl methyl sites for hydroxylation is 1. The first-order valence-corrected chi connectivity index (χ1v) is 7.86. The Morgan fingerprint density at radius 2 is 1.68 bits per heavy atom. The number of unbranched alkanes of at least 4 members (excludes halogenated alkanes) is 6. The molecule has 110 valence electrons. The van der Waals surface area contributed by atoms with Crippen molar-refractivity contribution in [1.82, 2.24) is 10.1 Å². The fourth-order valence-corrected chi connectivity index (χ4v) is 2.18. The third-order valence-electron chi connectivity index (χ3n) is 3.40. The number of nitrogens with two attached hydrogens (primary N) is 1. The average Bonchev–Trinajstić information content (AvgIpc) is 2.87. The van der Waals surface area contributed by atoms with Gasteiger partial charge in [-0.15, -0.1) is 0 Å². The Morgan fingerprint density at radius 1 is 1.00 bits per heavy atom. The van der Waals surface area contributed by atoms with Crippen molar-refractivity contribution < 1.29 is 4.52 Å². The molecule has 0 aliphatic carbocycles. The van der Waals surface area contributed by atoms with E-state index < -0.39 is 0 Å². The molecule has 19 heavy (non-hydrogen) atoms. The van der Waals surface area contributed by atoms with Crippen LogP contribution in [-0.2, 0) is 6.42 Å². The molecule has 2 N–H and O–H groups in total. The van der Waals surface area contributed by atoms with Gasteiger partial charge < -0.3 is 10.3 Å². The Morgan fingerprint density at radius 3 is 2.37 bits per heavy atom. The first-order valence-electron chi connectivity index (χ1n) is 7.86. The molecule has 0 amide bonds. The van der Waals surface area contributed by atoms with Crippen LogP contribution >= 0.6 is 0 Å². The fraction of sp³-hybridized carbons (Fsp3) is 0.867. The lowest BCUT2D eigenvalue weighted by molar-refractivity contribution is 0.367. The Kier molecular flexibility index (Phi) is 8.47. The van der Waals surface area contributed by atoms with Gasteiger partial charge in [-0.2, -0.15) is 4.98 Å². The average molecular weight is 267 g/mol. The van der Waals surface area contributed by atoms with Gasteiger partial charge in [0.25, 0.3) is 0 Å². The van der Waals surface area contributed by atoms with Crippen molar-refractivity contribution in [3.05, 3.63) is 11.7 Å². The van der Waals surface area contributed by atoms with Crippen LogP contribution in [0.25, 0.3) is 0 Å². The highest BCUT2D eigenvalue weighted by atomic mass is 16.5. The Labute approximate surface area is 117 Å². The van der Waals surface area contributed by atoms with Crippen molar-refractivity contribution in [2.75, 3.05) is 0 Å². The van der Waals surface area contributed by atoms with E-state index in [1.54, 1.807) is 0 Å². The van der Waals surface area contributed by atoms with Gasteiger partial charge in [0.1, 0.15) is 0 Å². The van der Waals surface area contributed by atoms with Crippen molar-refractivity contribution in [2.24, 2.45) is 5.73 Å². The van der Waals surface area contributed by atoms with E-state index in [1.807, 2.05) is 0 Å². The molecule has 0 fully saturated rings. The molecule has 0 aliphatic heterocycles. The molecule has 1 aromatic rings. The highest BCUT2D eigenvalue weighted by Gasteiger charge is 2.13. The number of hydrogen-bond donors (Lipinski definition) is 1. The molecular weight excluding hydrogens is 238 g/mol. The van der Waals surface area contributed by atoms with Gasteiger partial charge in [0.05, 0.1) is 6.04 Å². The maximum Gasteiger partial charge on any atom is 0.226 e. The summed E-state index contributed by atoms with van der Waals surface area (Å²) in [5, 5.41) is 3.96. The summed E-state index contributed by atoms with van der Waals surface area (Å²) >= 11 is 0. The molecule has 0 saturated carbocycles. The van der Waals surface area contributed by atoms with Crippen LogP contribution in [0.4, 0.5) is 0 Å². The van der Waals surface area contributed by atoms with Crippen LogP contribution in [0, 0.1) is 0 Å². The molecule has 0 aromatic carbocycles. The van der Waals surface area contributed by atoms with Gasteiger partial charge >= 0.3 is 0 Å². The molecule has 0 aliphatic rings. The normalized spacial score (nSPS) is 12.8. The van der Waals surface area contributed by atoms with Gasteiger partial charge in [-0.05, 0) is 12.8 Å². The van der Waals surface area contributed by atoms with Crippen LogP contribution in [0.15, 0.2) is 4.52 Å². The lowest BCUT2D eigenvalue weighted by atomic mass is 10.1. The fourth-order valence-electron chi connectivity index (χ4n) is 2.18. The highest BCUT2D eigenvalue weighted by molar-refractivity contribution is 4.92. The van der Waals surface area contributed by atoms with Crippen molar-refractivity contribution >= 4 is 0 Å². The van der Waals surface area contributed by atoms with Gasteiger partial charge in [0.15, 0.2) is 5.82 Å². The zero-order chi connectivity index (χ0) is 13.9. The van der Waals surface area contributed by atoms with E-state index in [4.69, 9.17) is 10.3 Å². The summed E-state index contributed by atoms with van der Waals surface area (Å²) in [5.74, 6) is 1.39. The topological polar surface area (TPSA) is 64.9 Å². The lowest BCUT2D eigenvalue weighted by Crippen LogP contribution is -2.12. The Hall–Kier alpha value is -0.900. The second-order valence-electron chi connectivity index (χ2n) is 5.31. The zero-order valence-corrected chi connectivity index (χ0v) is 12.5. The second-order valence-corrected chi connectivity index (χ2v) is 5.31. The van der Waals surface area contributed by atoms with Gasteiger partial charge in [0, 0.05) is 6.42 Å². The summed E-state index contributed by atoms with van der Waals surface area (Å²) in [6.07, 6.45) is 12.0. The number of aromatic nitrogens is 2. The minimum atomic E-state index is -0.0648. The van der Waals surface area contributed by atoms with Gasteiger partial charge in [-0.3, -0.25) is 0 Å². The third kappa shape index (κ3) is 6.71. The van der Waals surface area contributed by atoms with Gasteiger partial charge in [-0.1, -0.05) is 63.9 Å². The molecule has 0 spiro atoms. The predicted molar refractivity (Wildman–Crippen MR) is 77.8 cm³/mol. The standard InChI is InChI=1S/C15H29N3O/c1-3-5-6-7-8-9-10-12-13(16)15-17-14(11-4-2)19-18-15/h13H,3-12,16H2,1-2H3. The summed E-state index contributed by atoms with van der Waals surface area (Å²) in [7, 11) is 0. The number of rotatable bonds is 11. The monoisotopic (exact) mass is 267 g/mol. The highest BCUT2D eigenvalue weighted by Crippen LogP contribution is 2.16. The van der Waals surface area contributed by atoms with Crippen LogP contribution in [0.5, 0.6) is 0 Å². The van der Waals surface area contributed by atoms with Crippen LogP contribution in [-0.4, -0.2) is 10.1 Å². The van der Waals surface area contributed by atoms with Crippen molar-refractivity contribution in [3.8, 4) is 0 Å². The summed E-state index contributed by atoms with van der Waals surface area (Å²) in [6, 6.07) is -0.0648. The van der Waals surface area contributed by atoms with E-state index in [0.29, 0.717) is 11.7 Å². The minimum Gasteiger partial charge on any atom is -0.339 e. The summed E-state index contributed by atoms with van der Waals surface area (Å²) in [6.45, 7) is 4.35.